The van der Waals surface area contributed by atoms with E-state index in [0.717, 1.165) is 53.9 Å². The van der Waals surface area contributed by atoms with E-state index < -0.39 is 0 Å². The van der Waals surface area contributed by atoms with Crippen molar-refractivity contribution in [3.05, 3.63) is 77.5 Å². The van der Waals surface area contributed by atoms with Crippen molar-refractivity contribution >= 4 is 5.97 Å². The smallest absolute Gasteiger partial charge is 0.308 e. The number of benzene rings is 2. The Morgan fingerprint density at radius 2 is 1.88 bits per heavy atom. The second kappa shape index (κ2) is 11.1. The van der Waals surface area contributed by atoms with Gasteiger partial charge in [0.05, 0.1) is 23.0 Å². The van der Waals surface area contributed by atoms with Gasteiger partial charge in [-0.1, -0.05) is 38.5 Å². The van der Waals surface area contributed by atoms with Crippen LogP contribution >= 0.6 is 0 Å². The van der Waals surface area contributed by atoms with Crippen LogP contribution in [0, 0.1) is 11.3 Å². The molecule has 0 N–H and O–H groups in total. The minimum Gasteiger partial charge on any atom is -0.484 e. The molecule has 1 heterocycles. The second-order valence-electron chi connectivity index (χ2n) is 7.60. The van der Waals surface area contributed by atoms with Crippen molar-refractivity contribution in [3.8, 4) is 28.8 Å². The summed E-state index contributed by atoms with van der Waals surface area (Å²) in [6, 6.07) is 21.0. The summed E-state index contributed by atoms with van der Waals surface area (Å²) >= 11 is 0. The zero-order valence-corrected chi connectivity index (χ0v) is 18.8. The molecule has 0 spiro atoms. The number of carbonyl (C=O) groups is 1. The highest BCUT2D eigenvalue weighted by Gasteiger charge is 2.17. The quantitative estimate of drug-likeness (QED) is 0.290. The number of carbonyl (C=O) groups excluding carboxylic acids is 1. The van der Waals surface area contributed by atoms with Crippen LogP contribution in [0.1, 0.15) is 63.0 Å². The Morgan fingerprint density at radius 3 is 2.53 bits per heavy atom. The highest BCUT2D eigenvalue weighted by molar-refractivity contribution is 5.70. The molecule has 5 nitrogen and oxygen atoms in total. The summed E-state index contributed by atoms with van der Waals surface area (Å²) in [5, 5.41) is 9.03. The van der Waals surface area contributed by atoms with E-state index in [1.807, 2.05) is 49.4 Å². The van der Waals surface area contributed by atoms with Crippen LogP contribution in [0.3, 0.4) is 0 Å². The molecule has 164 valence electrons. The summed E-state index contributed by atoms with van der Waals surface area (Å²) < 4.78 is 11.7. The van der Waals surface area contributed by atoms with Crippen molar-refractivity contribution in [1.29, 1.82) is 5.26 Å². The number of pyridine rings is 1. The molecule has 1 unspecified atom stereocenters. The first-order valence-corrected chi connectivity index (χ1v) is 11.0. The fourth-order valence-corrected chi connectivity index (χ4v) is 3.49. The standard InChI is InChI=1S/C27H28N2O3/c1-4-6-10-27(32-23-15-16-26(31-19(3)30)21(5-2)17-23)25-9-7-8-24(29-25)22-13-11-20(18-28)12-14-22/h7-9,11-17,27H,4-6,10H2,1-3H3. The number of ether oxygens (including phenoxy) is 2. The SMILES string of the molecule is CCCCC(Oc1ccc(OC(C)=O)c(CC)c1)c1cccc(-c2ccc(C#N)cc2)n1. The summed E-state index contributed by atoms with van der Waals surface area (Å²) in [4.78, 5) is 16.2. The molecule has 0 fully saturated rings. The lowest BCUT2D eigenvalue weighted by atomic mass is 10.1. The van der Waals surface area contributed by atoms with E-state index in [4.69, 9.17) is 19.7 Å². The van der Waals surface area contributed by atoms with Crippen molar-refractivity contribution in [1.82, 2.24) is 4.98 Å². The lowest BCUT2D eigenvalue weighted by Gasteiger charge is -2.20. The largest absolute Gasteiger partial charge is 0.484 e. The van der Waals surface area contributed by atoms with Crippen LogP contribution in [-0.2, 0) is 11.2 Å². The van der Waals surface area contributed by atoms with Gasteiger partial charge in [-0.15, -0.1) is 0 Å². The highest BCUT2D eigenvalue weighted by atomic mass is 16.5. The van der Waals surface area contributed by atoms with Crippen LogP contribution < -0.4 is 9.47 Å². The molecular weight excluding hydrogens is 400 g/mol. The molecule has 3 rings (SSSR count). The van der Waals surface area contributed by atoms with Gasteiger partial charge >= 0.3 is 5.97 Å². The average Bonchev–Trinajstić information content (AvgIpc) is 2.82. The summed E-state index contributed by atoms with van der Waals surface area (Å²) in [6.45, 7) is 5.57. The first-order valence-electron chi connectivity index (χ1n) is 11.0. The first-order chi connectivity index (χ1) is 15.5. The summed E-state index contributed by atoms with van der Waals surface area (Å²) in [5.41, 5.74) is 4.21. The van der Waals surface area contributed by atoms with Gasteiger partial charge in [-0.05, 0) is 67.3 Å². The van der Waals surface area contributed by atoms with Gasteiger partial charge < -0.3 is 9.47 Å². The molecule has 0 aliphatic rings. The number of aryl methyl sites for hydroxylation is 1. The zero-order chi connectivity index (χ0) is 22.9. The lowest BCUT2D eigenvalue weighted by molar-refractivity contribution is -0.131. The number of unbranched alkanes of at least 4 members (excludes halogenated alkanes) is 1. The number of esters is 1. The predicted molar refractivity (Wildman–Crippen MR) is 124 cm³/mol. The van der Waals surface area contributed by atoms with Gasteiger partial charge in [-0.3, -0.25) is 4.79 Å². The first kappa shape index (κ1) is 23.0. The van der Waals surface area contributed by atoms with E-state index in [0.29, 0.717) is 11.3 Å². The Morgan fingerprint density at radius 1 is 1.09 bits per heavy atom. The predicted octanol–water partition coefficient (Wildman–Crippen LogP) is 6.42. The van der Waals surface area contributed by atoms with Crippen LogP contribution in [0.25, 0.3) is 11.3 Å². The lowest BCUT2D eigenvalue weighted by Crippen LogP contribution is -2.11. The fourth-order valence-electron chi connectivity index (χ4n) is 3.49. The number of hydrogen-bond acceptors (Lipinski definition) is 5. The molecule has 32 heavy (non-hydrogen) atoms. The van der Waals surface area contributed by atoms with Crippen LogP contribution in [-0.4, -0.2) is 11.0 Å². The summed E-state index contributed by atoms with van der Waals surface area (Å²) in [7, 11) is 0. The number of nitrogens with zero attached hydrogens (tertiary/aromatic N) is 2. The Kier molecular flexibility index (Phi) is 7.99. The molecule has 0 saturated carbocycles. The molecular formula is C27H28N2O3. The molecule has 1 atom stereocenters. The second-order valence-corrected chi connectivity index (χ2v) is 7.60. The number of rotatable bonds is 9. The van der Waals surface area contributed by atoms with E-state index >= 15 is 0 Å². The highest BCUT2D eigenvalue weighted by Crippen LogP contribution is 2.31. The van der Waals surface area contributed by atoms with Gasteiger partial charge in [0.25, 0.3) is 0 Å². The monoisotopic (exact) mass is 428 g/mol. The Hall–Kier alpha value is -3.65. The minimum atomic E-state index is -0.335. The molecule has 1 aromatic heterocycles. The van der Waals surface area contributed by atoms with E-state index in [2.05, 4.69) is 13.0 Å². The van der Waals surface area contributed by atoms with Crippen LogP contribution in [0.4, 0.5) is 0 Å². The Labute approximate surface area is 189 Å². The Balaban J connectivity index is 1.88. The zero-order valence-electron chi connectivity index (χ0n) is 18.8. The maximum absolute atomic E-state index is 11.4. The van der Waals surface area contributed by atoms with Crippen molar-refractivity contribution in [2.75, 3.05) is 0 Å². The number of hydrogen-bond donors (Lipinski definition) is 0. The van der Waals surface area contributed by atoms with Gasteiger partial charge in [-0.2, -0.15) is 5.26 Å². The third-order valence-corrected chi connectivity index (χ3v) is 5.18. The number of nitriles is 1. The molecule has 0 aliphatic heterocycles. The molecule has 3 aromatic rings. The third kappa shape index (κ3) is 5.95. The van der Waals surface area contributed by atoms with Crippen molar-refractivity contribution in [3.63, 3.8) is 0 Å². The summed E-state index contributed by atoms with van der Waals surface area (Å²) in [6.07, 6.45) is 3.44. The maximum atomic E-state index is 11.4. The van der Waals surface area contributed by atoms with Crippen LogP contribution in [0.15, 0.2) is 60.7 Å². The van der Waals surface area contributed by atoms with Crippen LogP contribution in [0.5, 0.6) is 11.5 Å². The minimum absolute atomic E-state index is 0.197. The van der Waals surface area contributed by atoms with Crippen molar-refractivity contribution in [2.45, 2.75) is 52.6 Å². The van der Waals surface area contributed by atoms with E-state index in [-0.39, 0.29) is 12.1 Å². The average molecular weight is 429 g/mol. The summed E-state index contributed by atoms with van der Waals surface area (Å²) in [5.74, 6) is 0.959. The van der Waals surface area contributed by atoms with E-state index in [1.165, 1.54) is 6.92 Å². The fraction of sp³-hybridized carbons (Fsp3) is 0.296. The van der Waals surface area contributed by atoms with Gasteiger partial charge in [0.1, 0.15) is 17.6 Å². The molecule has 5 heteroatoms. The Bertz CT molecular complexity index is 1100. The topological polar surface area (TPSA) is 72.2 Å². The van der Waals surface area contributed by atoms with E-state index in [9.17, 15) is 4.79 Å². The van der Waals surface area contributed by atoms with Crippen molar-refractivity contribution in [2.24, 2.45) is 0 Å². The molecule has 0 aliphatic carbocycles. The van der Waals surface area contributed by atoms with Gasteiger partial charge in [-0.25, -0.2) is 4.98 Å². The third-order valence-electron chi connectivity index (χ3n) is 5.18. The maximum Gasteiger partial charge on any atom is 0.308 e. The molecule has 0 amide bonds. The molecule has 0 radical (unpaired) electrons. The normalized spacial score (nSPS) is 11.4. The van der Waals surface area contributed by atoms with E-state index in [1.54, 1.807) is 18.2 Å². The van der Waals surface area contributed by atoms with Crippen molar-refractivity contribution < 1.29 is 14.3 Å². The molecule has 2 aromatic carbocycles. The van der Waals surface area contributed by atoms with Crippen LogP contribution in [0.2, 0.25) is 0 Å². The van der Waals surface area contributed by atoms with Gasteiger partial charge in [0.15, 0.2) is 0 Å². The van der Waals surface area contributed by atoms with Gasteiger partial charge in [0.2, 0.25) is 0 Å². The number of aromatic nitrogens is 1. The molecule has 0 bridgehead atoms. The van der Waals surface area contributed by atoms with Gasteiger partial charge in [0, 0.05) is 12.5 Å². The molecule has 0 saturated heterocycles.